The second-order valence-corrected chi connectivity index (χ2v) is 4.56. The summed E-state index contributed by atoms with van der Waals surface area (Å²) < 4.78 is 0. The van der Waals surface area contributed by atoms with Crippen molar-refractivity contribution in [3.63, 3.8) is 0 Å². The van der Waals surface area contributed by atoms with E-state index in [1.54, 1.807) is 11.3 Å². The van der Waals surface area contributed by atoms with Crippen LogP contribution < -0.4 is 11.1 Å². The molecule has 13 heavy (non-hydrogen) atoms. The number of aryl methyl sites for hydroxylation is 2. The molecule has 0 saturated carbocycles. The van der Waals surface area contributed by atoms with Gasteiger partial charge >= 0.3 is 6.03 Å². The van der Waals surface area contributed by atoms with Crippen LogP contribution in [0.15, 0.2) is 6.07 Å². The zero-order valence-electron chi connectivity index (χ0n) is 8.05. The highest BCUT2D eigenvalue weighted by Gasteiger charge is 2.11. The lowest BCUT2D eigenvalue weighted by Gasteiger charge is -2.11. The molecule has 0 bridgehead atoms. The molecule has 2 amide bonds. The zero-order valence-corrected chi connectivity index (χ0v) is 8.87. The number of rotatable bonds is 2. The molecule has 0 fully saturated rings. The first kappa shape index (κ1) is 10.1. The lowest BCUT2D eigenvalue weighted by atomic mass is 10.1. The minimum atomic E-state index is -0.476. The van der Waals surface area contributed by atoms with Crippen LogP contribution >= 0.6 is 11.3 Å². The fraction of sp³-hybridized carbons (Fsp3) is 0.444. The molecular formula is C9H14N2OS. The summed E-state index contributed by atoms with van der Waals surface area (Å²) in [6.45, 7) is 6.03. The summed E-state index contributed by atoms with van der Waals surface area (Å²) in [5.41, 5.74) is 6.19. The van der Waals surface area contributed by atoms with Crippen molar-refractivity contribution >= 4 is 17.4 Å². The van der Waals surface area contributed by atoms with Crippen molar-refractivity contribution in [2.45, 2.75) is 26.8 Å². The van der Waals surface area contributed by atoms with Gasteiger partial charge in [0.1, 0.15) is 0 Å². The lowest BCUT2D eigenvalue weighted by Crippen LogP contribution is -2.31. The third-order valence-corrected chi connectivity index (χ3v) is 2.89. The SMILES string of the molecule is Cc1cc(C(C)NC(N)=O)c(C)s1. The number of primary amides is 1. The minimum absolute atomic E-state index is 0.00227. The molecule has 0 saturated heterocycles. The highest BCUT2D eigenvalue weighted by atomic mass is 32.1. The largest absolute Gasteiger partial charge is 0.352 e. The Balaban J connectivity index is 2.81. The first-order chi connectivity index (χ1) is 6.00. The quantitative estimate of drug-likeness (QED) is 0.751. The Kier molecular flexibility index (Phi) is 2.93. The number of urea groups is 1. The average molecular weight is 198 g/mol. The summed E-state index contributed by atoms with van der Waals surface area (Å²) in [7, 11) is 0. The second-order valence-electron chi connectivity index (χ2n) is 3.10. The number of nitrogens with one attached hydrogen (secondary N) is 1. The average Bonchev–Trinajstić information content (AvgIpc) is 2.28. The van der Waals surface area contributed by atoms with E-state index >= 15 is 0 Å². The van der Waals surface area contributed by atoms with Gasteiger partial charge in [0.25, 0.3) is 0 Å². The molecule has 0 aliphatic carbocycles. The number of thiophene rings is 1. The number of hydrogen-bond acceptors (Lipinski definition) is 2. The van der Waals surface area contributed by atoms with Gasteiger partial charge in [0.2, 0.25) is 0 Å². The van der Waals surface area contributed by atoms with Crippen molar-refractivity contribution in [3.05, 3.63) is 21.4 Å². The molecule has 0 radical (unpaired) electrons. The first-order valence-corrected chi connectivity index (χ1v) is 4.95. The van der Waals surface area contributed by atoms with Crippen LogP contribution in [0.25, 0.3) is 0 Å². The zero-order chi connectivity index (χ0) is 10.0. The maximum Gasteiger partial charge on any atom is 0.312 e. The molecule has 1 aromatic heterocycles. The number of amides is 2. The number of hydrogen-bond donors (Lipinski definition) is 2. The van der Waals surface area contributed by atoms with Crippen molar-refractivity contribution in [2.75, 3.05) is 0 Å². The Morgan fingerprint density at radius 1 is 1.62 bits per heavy atom. The number of carbonyl (C=O) groups excluding carboxylic acids is 1. The smallest absolute Gasteiger partial charge is 0.312 e. The Morgan fingerprint density at radius 3 is 2.62 bits per heavy atom. The van der Waals surface area contributed by atoms with Crippen LogP contribution in [0, 0.1) is 13.8 Å². The van der Waals surface area contributed by atoms with Crippen LogP contribution in [-0.2, 0) is 0 Å². The topological polar surface area (TPSA) is 55.1 Å². The molecular weight excluding hydrogens is 184 g/mol. The molecule has 1 rings (SSSR count). The van der Waals surface area contributed by atoms with Gasteiger partial charge in [-0.1, -0.05) is 0 Å². The van der Waals surface area contributed by atoms with Gasteiger partial charge in [0.05, 0.1) is 6.04 Å². The fourth-order valence-electron chi connectivity index (χ4n) is 1.37. The van der Waals surface area contributed by atoms with Crippen molar-refractivity contribution in [3.8, 4) is 0 Å². The van der Waals surface area contributed by atoms with E-state index in [1.807, 2.05) is 13.8 Å². The second kappa shape index (κ2) is 3.79. The van der Waals surface area contributed by atoms with E-state index in [9.17, 15) is 4.79 Å². The van der Waals surface area contributed by atoms with Gasteiger partial charge in [0, 0.05) is 9.75 Å². The van der Waals surface area contributed by atoms with Crippen LogP contribution in [0.4, 0.5) is 4.79 Å². The third kappa shape index (κ3) is 2.45. The summed E-state index contributed by atoms with van der Waals surface area (Å²) in [5, 5.41) is 2.66. The summed E-state index contributed by atoms with van der Waals surface area (Å²) in [6.07, 6.45) is 0. The molecule has 1 aromatic rings. The fourth-order valence-corrected chi connectivity index (χ4v) is 2.39. The lowest BCUT2D eigenvalue weighted by molar-refractivity contribution is 0.246. The summed E-state index contributed by atoms with van der Waals surface area (Å²) in [5.74, 6) is 0. The van der Waals surface area contributed by atoms with Gasteiger partial charge in [0.15, 0.2) is 0 Å². The van der Waals surface area contributed by atoms with Crippen LogP contribution in [0.1, 0.15) is 28.3 Å². The van der Waals surface area contributed by atoms with E-state index in [4.69, 9.17) is 5.73 Å². The molecule has 4 heteroatoms. The van der Waals surface area contributed by atoms with Gasteiger partial charge in [-0.2, -0.15) is 0 Å². The van der Waals surface area contributed by atoms with Crippen LogP contribution in [0.2, 0.25) is 0 Å². The molecule has 0 aliphatic rings. The van der Waals surface area contributed by atoms with E-state index in [-0.39, 0.29) is 6.04 Å². The van der Waals surface area contributed by atoms with E-state index in [2.05, 4.69) is 18.3 Å². The first-order valence-electron chi connectivity index (χ1n) is 4.13. The Bertz CT molecular complexity index is 319. The maximum atomic E-state index is 10.6. The van der Waals surface area contributed by atoms with E-state index in [1.165, 1.54) is 9.75 Å². The van der Waals surface area contributed by atoms with Crippen LogP contribution in [-0.4, -0.2) is 6.03 Å². The molecule has 1 unspecified atom stereocenters. The summed E-state index contributed by atoms with van der Waals surface area (Å²) in [4.78, 5) is 13.1. The van der Waals surface area contributed by atoms with Crippen LogP contribution in [0.3, 0.4) is 0 Å². The van der Waals surface area contributed by atoms with Crippen molar-refractivity contribution in [2.24, 2.45) is 5.73 Å². The van der Waals surface area contributed by atoms with Crippen molar-refractivity contribution in [1.29, 1.82) is 0 Å². The molecule has 0 aliphatic heterocycles. The molecule has 1 heterocycles. The van der Waals surface area contributed by atoms with E-state index < -0.39 is 6.03 Å². The molecule has 3 nitrogen and oxygen atoms in total. The van der Waals surface area contributed by atoms with Crippen molar-refractivity contribution in [1.82, 2.24) is 5.32 Å². The third-order valence-electron chi connectivity index (χ3n) is 1.90. The predicted octanol–water partition coefficient (Wildman–Crippen LogP) is 2.09. The number of nitrogens with two attached hydrogens (primary N) is 1. The maximum absolute atomic E-state index is 10.6. The molecule has 0 aromatic carbocycles. The van der Waals surface area contributed by atoms with Gasteiger partial charge in [-0.05, 0) is 32.4 Å². The summed E-state index contributed by atoms with van der Waals surface area (Å²) >= 11 is 1.73. The highest BCUT2D eigenvalue weighted by molar-refractivity contribution is 7.12. The normalized spacial score (nSPS) is 12.5. The Hall–Kier alpha value is -1.03. The molecule has 72 valence electrons. The molecule has 3 N–H and O–H groups in total. The Labute approximate surface area is 81.9 Å². The summed E-state index contributed by atoms with van der Waals surface area (Å²) in [6, 6.07) is 1.61. The minimum Gasteiger partial charge on any atom is -0.352 e. The van der Waals surface area contributed by atoms with E-state index in [0.29, 0.717) is 0 Å². The molecule has 0 spiro atoms. The standard InChI is InChI=1S/C9H14N2OS/c1-5-4-8(7(3)13-5)6(2)11-9(10)12/h4,6H,1-3H3,(H3,10,11,12). The predicted molar refractivity (Wildman–Crippen MR) is 54.9 cm³/mol. The van der Waals surface area contributed by atoms with Crippen molar-refractivity contribution < 1.29 is 4.79 Å². The highest BCUT2D eigenvalue weighted by Crippen LogP contribution is 2.25. The van der Waals surface area contributed by atoms with Gasteiger partial charge in [-0.3, -0.25) is 0 Å². The van der Waals surface area contributed by atoms with Gasteiger partial charge in [-0.25, -0.2) is 4.79 Å². The van der Waals surface area contributed by atoms with Gasteiger partial charge < -0.3 is 11.1 Å². The van der Waals surface area contributed by atoms with Crippen LogP contribution in [0.5, 0.6) is 0 Å². The number of carbonyl (C=O) groups is 1. The van der Waals surface area contributed by atoms with E-state index in [0.717, 1.165) is 5.56 Å². The monoisotopic (exact) mass is 198 g/mol. The molecule has 1 atom stereocenters. The van der Waals surface area contributed by atoms with Gasteiger partial charge in [-0.15, -0.1) is 11.3 Å². The Morgan fingerprint density at radius 2 is 2.23 bits per heavy atom.